The van der Waals surface area contributed by atoms with Crippen molar-refractivity contribution in [2.45, 2.75) is 39.0 Å². The van der Waals surface area contributed by atoms with Crippen LogP contribution in [0.3, 0.4) is 0 Å². The molecule has 0 spiro atoms. The maximum Gasteiger partial charge on any atom is 0.340 e. The highest BCUT2D eigenvalue weighted by molar-refractivity contribution is 6.34. The second-order valence-electron chi connectivity index (χ2n) is 5.93. The average Bonchev–Trinajstić information content (AvgIpc) is 2.54. The molecular weight excluding hydrogens is 339 g/mol. The predicted octanol–water partition coefficient (Wildman–Crippen LogP) is 3.71. The van der Waals surface area contributed by atoms with Crippen molar-refractivity contribution in [1.82, 2.24) is 0 Å². The highest BCUT2D eigenvalue weighted by Gasteiger charge is 2.31. The number of anilines is 1. The zero-order valence-corrected chi connectivity index (χ0v) is 14.8. The molecule has 0 amide bonds. The van der Waals surface area contributed by atoms with Crippen LogP contribution in [-0.2, 0) is 9.47 Å². The van der Waals surface area contributed by atoms with E-state index >= 15 is 0 Å². The van der Waals surface area contributed by atoms with E-state index in [0.29, 0.717) is 13.1 Å². The van der Waals surface area contributed by atoms with E-state index < -0.39 is 17.8 Å². The molecule has 1 saturated heterocycles. The number of carbonyl (C=O) groups is 1. The highest BCUT2D eigenvalue weighted by atomic mass is 35.5. The van der Waals surface area contributed by atoms with Gasteiger partial charge in [-0.25, -0.2) is 9.18 Å². The quantitative estimate of drug-likeness (QED) is 0.606. The van der Waals surface area contributed by atoms with Crippen molar-refractivity contribution in [3.63, 3.8) is 0 Å². The number of hydrogen-bond acceptors (Lipinski definition) is 6. The molecule has 0 saturated carbocycles. The summed E-state index contributed by atoms with van der Waals surface area (Å²) in [6.07, 6.45) is -0.206. The van der Waals surface area contributed by atoms with Crippen LogP contribution in [0.2, 0.25) is 5.02 Å². The maximum atomic E-state index is 14.7. The molecule has 0 N–H and O–H groups in total. The monoisotopic (exact) mass is 358 g/mol. The Bertz CT molecular complexity index is 645. The van der Waals surface area contributed by atoms with E-state index in [1.165, 1.54) is 20.1 Å². The molecule has 1 heterocycles. The minimum absolute atomic E-state index is 0.0338. The van der Waals surface area contributed by atoms with Gasteiger partial charge in [-0.3, -0.25) is 0 Å². The number of nitrogens with zero attached hydrogens (tertiary/aromatic N) is 2. The van der Waals surface area contributed by atoms with Crippen molar-refractivity contribution in [1.29, 1.82) is 0 Å². The molecule has 1 aromatic carbocycles. The van der Waals surface area contributed by atoms with Crippen LogP contribution < -0.4 is 4.90 Å². The van der Waals surface area contributed by atoms with Crippen molar-refractivity contribution < 1.29 is 18.7 Å². The minimum Gasteiger partial charge on any atom is -0.465 e. The summed E-state index contributed by atoms with van der Waals surface area (Å²) in [5.41, 5.74) is 0.328. The van der Waals surface area contributed by atoms with Gasteiger partial charge >= 0.3 is 5.97 Å². The summed E-state index contributed by atoms with van der Waals surface area (Å²) >= 11 is 6.23. The van der Waals surface area contributed by atoms with Gasteiger partial charge in [0.05, 0.1) is 30.6 Å². The Kier molecular flexibility index (Phi) is 5.77. The van der Waals surface area contributed by atoms with Crippen molar-refractivity contribution >= 4 is 23.3 Å². The Morgan fingerprint density at radius 2 is 2.04 bits per heavy atom. The van der Waals surface area contributed by atoms with Gasteiger partial charge in [0, 0.05) is 18.7 Å². The molecule has 1 unspecified atom stereocenters. The van der Waals surface area contributed by atoms with E-state index in [1.807, 2.05) is 13.8 Å². The van der Waals surface area contributed by atoms with Crippen molar-refractivity contribution in [2.75, 3.05) is 25.1 Å². The van der Waals surface area contributed by atoms with Crippen LogP contribution in [-0.4, -0.2) is 38.4 Å². The number of esters is 1. The topological polar surface area (TPSA) is 68.2 Å². The predicted molar refractivity (Wildman–Crippen MR) is 89.2 cm³/mol. The minimum atomic E-state index is -0.970. The zero-order chi connectivity index (χ0) is 18.0. The van der Waals surface area contributed by atoms with Gasteiger partial charge in [0.15, 0.2) is 0 Å². The van der Waals surface area contributed by atoms with Crippen LogP contribution >= 0.6 is 11.6 Å². The fourth-order valence-electron chi connectivity index (χ4n) is 2.93. The van der Waals surface area contributed by atoms with Gasteiger partial charge in [-0.05, 0) is 26.8 Å². The van der Waals surface area contributed by atoms with Crippen molar-refractivity contribution in [2.24, 2.45) is 5.18 Å². The number of ether oxygens (including phenoxy) is 2. The second kappa shape index (κ2) is 7.44. The Balaban J connectivity index is 2.62. The first kappa shape index (κ1) is 18.6. The summed E-state index contributed by atoms with van der Waals surface area (Å²) in [4.78, 5) is 24.8. The van der Waals surface area contributed by atoms with Gasteiger partial charge in [-0.1, -0.05) is 16.8 Å². The maximum absolute atomic E-state index is 14.7. The normalized spacial score (nSPS) is 22.2. The van der Waals surface area contributed by atoms with Crippen LogP contribution in [0.25, 0.3) is 0 Å². The molecule has 1 aromatic rings. The number of methoxy groups -OCH3 is 1. The Morgan fingerprint density at radius 3 is 2.54 bits per heavy atom. The summed E-state index contributed by atoms with van der Waals surface area (Å²) in [5.74, 6) is -1.41. The molecule has 1 aliphatic rings. The van der Waals surface area contributed by atoms with Crippen molar-refractivity contribution in [3.05, 3.63) is 32.9 Å². The fourth-order valence-corrected chi connectivity index (χ4v) is 3.26. The number of morpholine rings is 1. The Labute approximate surface area is 144 Å². The standard InChI is InChI=1S/C16H20ClFN2O4/c1-8-6-20(7-9(2)24-8)15-12(16(21)23-4)5-11(10(3)19-22)14(18)13(15)17/h5,8-10H,6-7H2,1-4H3/t8-,9+,10?. The lowest BCUT2D eigenvalue weighted by Gasteiger charge is -2.38. The molecule has 132 valence electrons. The van der Waals surface area contributed by atoms with Gasteiger partial charge in [-0.2, -0.15) is 4.91 Å². The molecule has 6 nitrogen and oxygen atoms in total. The van der Waals surface area contributed by atoms with Crippen LogP contribution in [0.5, 0.6) is 0 Å². The third kappa shape index (κ3) is 3.52. The first-order valence-corrected chi connectivity index (χ1v) is 8.01. The Hall–Kier alpha value is -1.73. The summed E-state index contributed by atoms with van der Waals surface area (Å²) in [5, 5.41) is 2.60. The van der Waals surface area contributed by atoms with Crippen molar-refractivity contribution in [3.8, 4) is 0 Å². The fraction of sp³-hybridized carbons (Fsp3) is 0.562. The summed E-state index contributed by atoms with van der Waals surface area (Å²) in [7, 11) is 1.23. The molecule has 0 bridgehead atoms. The number of hydrogen-bond donors (Lipinski definition) is 0. The second-order valence-corrected chi connectivity index (χ2v) is 6.30. The lowest BCUT2D eigenvalue weighted by molar-refractivity contribution is -0.00534. The third-order valence-corrected chi connectivity index (χ3v) is 4.30. The Morgan fingerprint density at radius 1 is 1.46 bits per heavy atom. The van der Waals surface area contributed by atoms with Crippen LogP contribution in [0, 0.1) is 10.7 Å². The van der Waals surface area contributed by atoms with E-state index in [2.05, 4.69) is 5.18 Å². The van der Waals surface area contributed by atoms with Gasteiger partial charge < -0.3 is 14.4 Å². The average molecular weight is 359 g/mol. The van der Waals surface area contributed by atoms with E-state index in [1.54, 1.807) is 4.90 Å². The summed E-state index contributed by atoms with van der Waals surface area (Å²) < 4.78 is 25.1. The van der Waals surface area contributed by atoms with E-state index in [4.69, 9.17) is 21.1 Å². The molecule has 1 aliphatic heterocycles. The molecular formula is C16H20ClFN2O4. The van der Waals surface area contributed by atoms with Crippen LogP contribution in [0.1, 0.15) is 42.7 Å². The van der Waals surface area contributed by atoms with E-state index in [9.17, 15) is 14.1 Å². The number of benzene rings is 1. The lowest BCUT2D eigenvalue weighted by atomic mass is 10.0. The molecule has 2 rings (SSSR count). The van der Waals surface area contributed by atoms with Gasteiger partial charge in [0.2, 0.25) is 0 Å². The third-order valence-electron chi connectivity index (χ3n) is 3.96. The largest absolute Gasteiger partial charge is 0.465 e. The molecule has 0 radical (unpaired) electrons. The van der Waals surface area contributed by atoms with Crippen LogP contribution in [0.15, 0.2) is 11.2 Å². The highest BCUT2D eigenvalue weighted by Crippen LogP contribution is 2.38. The number of carbonyl (C=O) groups excluding carboxylic acids is 1. The van der Waals surface area contributed by atoms with Gasteiger partial charge in [-0.15, -0.1) is 0 Å². The van der Waals surface area contributed by atoms with E-state index in [0.717, 1.165) is 0 Å². The lowest BCUT2D eigenvalue weighted by Crippen LogP contribution is -2.46. The smallest absolute Gasteiger partial charge is 0.340 e. The first-order valence-electron chi connectivity index (χ1n) is 7.63. The zero-order valence-electron chi connectivity index (χ0n) is 14.0. The summed E-state index contributed by atoms with van der Waals surface area (Å²) in [6.45, 7) is 6.11. The number of nitroso groups, excluding NO2 is 1. The first-order chi connectivity index (χ1) is 11.3. The van der Waals surface area contributed by atoms with Gasteiger partial charge in [0.1, 0.15) is 16.9 Å². The molecule has 24 heavy (non-hydrogen) atoms. The van der Waals surface area contributed by atoms with E-state index in [-0.39, 0.29) is 34.0 Å². The summed E-state index contributed by atoms with van der Waals surface area (Å²) in [6, 6.07) is 0.321. The van der Waals surface area contributed by atoms with Gasteiger partial charge in [0.25, 0.3) is 0 Å². The molecule has 3 atom stereocenters. The SMILES string of the molecule is COC(=O)c1cc(C(C)N=O)c(F)c(Cl)c1N1C[C@@H](C)O[C@@H](C)C1. The molecule has 1 fully saturated rings. The molecule has 0 aliphatic carbocycles. The number of halogens is 2. The van der Waals surface area contributed by atoms with Crippen LogP contribution in [0.4, 0.5) is 10.1 Å². The number of rotatable bonds is 4. The molecule has 0 aromatic heterocycles. The molecule has 8 heteroatoms.